The number of nitrogens with one attached hydrogen (secondary N) is 1. The van der Waals surface area contributed by atoms with Gasteiger partial charge < -0.3 is 25.3 Å². The molecule has 0 spiro atoms. The number of nitrogens with two attached hydrogens (primary N) is 1. The van der Waals surface area contributed by atoms with Crippen molar-refractivity contribution in [2.24, 2.45) is 18.7 Å². The van der Waals surface area contributed by atoms with Crippen molar-refractivity contribution in [3.05, 3.63) is 24.0 Å². The number of fused-ring (bicyclic) bond motifs is 1. The minimum Gasteiger partial charge on any atom is -0.379 e. The number of carbonyl (C=O) groups excluding carboxylic acids is 2. The van der Waals surface area contributed by atoms with Crippen LogP contribution in [-0.4, -0.2) is 53.2 Å². The molecular formula is C13H18N4O3. The zero-order valence-corrected chi connectivity index (χ0v) is 11.3. The highest BCUT2D eigenvalue weighted by molar-refractivity contribution is 5.93. The number of aryl methyl sites for hydroxylation is 1. The monoisotopic (exact) mass is 278 g/mol. The van der Waals surface area contributed by atoms with E-state index in [1.165, 1.54) is 0 Å². The Morgan fingerprint density at radius 2 is 2.25 bits per heavy atom. The highest BCUT2D eigenvalue weighted by Gasteiger charge is 2.47. The van der Waals surface area contributed by atoms with Crippen molar-refractivity contribution in [3.63, 3.8) is 0 Å². The summed E-state index contributed by atoms with van der Waals surface area (Å²) in [4.78, 5) is 25.3. The van der Waals surface area contributed by atoms with Crippen molar-refractivity contribution < 1.29 is 14.3 Å². The van der Waals surface area contributed by atoms with E-state index in [-0.39, 0.29) is 23.9 Å². The largest absolute Gasteiger partial charge is 0.379 e. The Bertz CT molecular complexity index is 541. The molecule has 3 atom stereocenters. The Morgan fingerprint density at radius 3 is 2.90 bits per heavy atom. The second kappa shape index (κ2) is 4.82. The number of ether oxygens (including phenoxy) is 1. The number of rotatable bonds is 2. The van der Waals surface area contributed by atoms with Crippen LogP contribution in [0.25, 0.3) is 0 Å². The molecule has 3 N–H and O–H groups in total. The van der Waals surface area contributed by atoms with Gasteiger partial charge in [0.1, 0.15) is 5.69 Å². The van der Waals surface area contributed by atoms with Crippen LogP contribution in [0, 0.1) is 5.92 Å². The van der Waals surface area contributed by atoms with Crippen LogP contribution in [0.5, 0.6) is 0 Å². The molecule has 0 aromatic carbocycles. The van der Waals surface area contributed by atoms with Gasteiger partial charge in [-0.15, -0.1) is 0 Å². The molecule has 3 rings (SSSR count). The predicted octanol–water partition coefficient (Wildman–Crippen LogP) is -0.467. The first-order valence-electron chi connectivity index (χ1n) is 6.64. The third-order valence-corrected chi connectivity index (χ3v) is 4.18. The first-order chi connectivity index (χ1) is 9.58. The molecule has 3 amide bonds. The van der Waals surface area contributed by atoms with E-state index < -0.39 is 6.03 Å². The summed E-state index contributed by atoms with van der Waals surface area (Å²) in [6.45, 7) is 1.49. The maximum Gasteiger partial charge on any atom is 0.315 e. The lowest BCUT2D eigenvalue weighted by Gasteiger charge is -2.19. The lowest BCUT2D eigenvalue weighted by atomic mass is 10.00. The molecule has 7 nitrogen and oxygen atoms in total. The van der Waals surface area contributed by atoms with Gasteiger partial charge in [0.05, 0.1) is 25.3 Å². The Balaban J connectivity index is 1.73. The number of primary amides is 1. The van der Waals surface area contributed by atoms with Gasteiger partial charge in [-0.25, -0.2) is 4.79 Å². The molecular weight excluding hydrogens is 260 g/mol. The van der Waals surface area contributed by atoms with E-state index in [0.29, 0.717) is 25.5 Å². The van der Waals surface area contributed by atoms with Gasteiger partial charge in [-0.3, -0.25) is 4.79 Å². The summed E-state index contributed by atoms with van der Waals surface area (Å²) >= 11 is 0. The molecule has 2 fully saturated rings. The fourth-order valence-corrected chi connectivity index (χ4v) is 3.09. The van der Waals surface area contributed by atoms with Crippen molar-refractivity contribution in [1.82, 2.24) is 14.8 Å². The molecule has 3 heterocycles. The number of amides is 3. The summed E-state index contributed by atoms with van der Waals surface area (Å²) < 4.78 is 7.17. The first kappa shape index (κ1) is 13.0. The molecule has 2 aliphatic heterocycles. The maximum atomic E-state index is 12.2. The minimum atomic E-state index is -0.457. The fraction of sp³-hybridized carbons (Fsp3) is 0.538. The van der Waals surface area contributed by atoms with Gasteiger partial charge in [0.15, 0.2) is 0 Å². The second-order valence-corrected chi connectivity index (χ2v) is 5.34. The Kier molecular flexibility index (Phi) is 3.13. The van der Waals surface area contributed by atoms with E-state index in [1.807, 2.05) is 19.3 Å². The number of urea groups is 1. The number of carbonyl (C=O) groups is 2. The zero-order chi connectivity index (χ0) is 14.3. The lowest BCUT2D eigenvalue weighted by Crippen LogP contribution is -2.43. The highest BCUT2D eigenvalue weighted by atomic mass is 16.5. The predicted molar refractivity (Wildman–Crippen MR) is 71.1 cm³/mol. The van der Waals surface area contributed by atoms with Crippen LogP contribution in [0.4, 0.5) is 4.79 Å². The number of likely N-dealkylation sites (tertiary alicyclic amines) is 1. The fourth-order valence-electron chi connectivity index (χ4n) is 3.09. The summed E-state index contributed by atoms with van der Waals surface area (Å²) in [6, 6.07) is 2.99. The van der Waals surface area contributed by atoms with Gasteiger partial charge in [0.25, 0.3) is 5.91 Å². The zero-order valence-electron chi connectivity index (χ0n) is 11.3. The Hall–Kier alpha value is -2.02. The van der Waals surface area contributed by atoms with E-state index >= 15 is 0 Å². The Labute approximate surface area is 116 Å². The van der Waals surface area contributed by atoms with Gasteiger partial charge in [0.2, 0.25) is 0 Å². The van der Waals surface area contributed by atoms with Gasteiger partial charge >= 0.3 is 6.03 Å². The molecule has 0 bridgehead atoms. The van der Waals surface area contributed by atoms with Crippen molar-refractivity contribution in [2.75, 3.05) is 19.8 Å². The van der Waals surface area contributed by atoms with E-state index in [2.05, 4.69) is 5.32 Å². The molecule has 20 heavy (non-hydrogen) atoms. The van der Waals surface area contributed by atoms with Gasteiger partial charge in [-0.05, 0) is 12.1 Å². The van der Waals surface area contributed by atoms with Crippen molar-refractivity contribution in [1.29, 1.82) is 0 Å². The normalized spacial score (nSPS) is 28.4. The second-order valence-electron chi connectivity index (χ2n) is 5.34. The SMILES string of the molecule is Cn1cccc1C(=O)N[C@@H]1CN(C(N)=O)[C@@H]2COC[C@@H]21. The van der Waals surface area contributed by atoms with Crippen LogP contribution in [0.3, 0.4) is 0 Å². The molecule has 0 unspecified atom stereocenters. The lowest BCUT2D eigenvalue weighted by molar-refractivity contribution is 0.0910. The van der Waals surface area contributed by atoms with Crippen molar-refractivity contribution in [3.8, 4) is 0 Å². The van der Waals surface area contributed by atoms with Crippen LogP contribution in [0.1, 0.15) is 10.5 Å². The average Bonchev–Trinajstić information content (AvgIpc) is 3.06. The quantitative estimate of drug-likeness (QED) is 0.766. The molecule has 2 aliphatic rings. The number of hydrogen-bond acceptors (Lipinski definition) is 3. The summed E-state index contributed by atoms with van der Waals surface area (Å²) in [5.41, 5.74) is 5.98. The van der Waals surface area contributed by atoms with E-state index in [9.17, 15) is 9.59 Å². The van der Waals surface area contributed by atoms with Gasteiger partial charge in [-0.1, -0.05) is 0 Å². The smallest absolute Gasteiger partial charge is 0.315 e. The van der Waals surface area contributed by atoms with Crippen molar-refractivity contribution in [2.45, 2.75) is 12.1 Å². The summed E-state index contributed by atoms with van der Waals surface area (Å²) in [6.07, 6.45) is 1.82. The van der Waals surface area contributed by atoms with Crippen LogP contribution in [0.2, 0.25) is 0 Å². The first-order valence-corrected chi connectivity index (χ1v) is 6.64. The molecule has 1 aromatic rings. The molecule has 0 aliphatic carbocycles. The van der Waals surface area contributed by atoms with E-state index in [1.54, 1.807) is 15.5 Å². The molecule has 0 radical (unpaired) electrons. The van der Waals surface area contributed by atoms with Crippen LogP contribution in [-0.2, 0) is 11.8 Å². The third kappa shape index (κ3) is 2.03. The van der Waals surface area contributed by atoms with Crippen LogP contribution < -0.4 is 11.1 Å². The summed E-state index contributed by atoms with van der Waals surface area (Å²) in [5, 5.41) is 2.99. The van der Waals surface area contributed by atoms with Gasteiger partial charge in [0, 0.05) is 25.7 Å². The van der Waals surface area contributed by atoms with E-state index in [0.717, 1.165) is 0 Å². The summed E-state index contributed by atoms with van der Waals surface area (Å²) in [5.74, 6) is -0.0220. The van der Waals surface area contributed by atoms with Crippen LogP contribution >= 0.6 is 0 Å². The minimum absolute atomic E-state index is 0.0220. The molecule has 2 saturated heterocycles. The average molecular weight is 278 g/mol. The van der Waals surface area contributed by atoms with Crippen molar-refractivity contribution >= 4 is 11.9 Å². The topological polar surface area (TPSA) is 89.6 Å². The number of aromatic nitrogens is 1. The molecule has 7 heteroatoms. The van der Waals surface area contributed by atoms with Gasteiger partial charge in [-0.2, -0.15) is 0 Å². The third-order valence-electron chi connectivity index (χ3n) is 4.18. The Morgan fingerprint density at radius 1 is 1.45 bits per heavy atom. The summed E-state index contributed by atoms with van der Waals surface area (Å²) in [7, 11) is 1.82. The number of nitrogens with zero attached hydrogens (tertiary/aromatic N) is 2. The highest BCUT2D eigenvalue weighted by Crippen LogP contribution is 2.30. The molecule has 108 valence electrons. The van der Waals surface area contributed by atoms with E-state index in [4.69, 9.17) is 10.5 Å². The molecule has 0 saturated carbocycles. The molecule has 1 aromatic heterocycles. The standard InChI is InChI=1S/C13H18N4O3/c1-16-4-2-3-10(16)12(18)15-9-5-17(13(14)19)11-7-20-6-8(9)11/h2-4,8-9,11H,5-7H2,1H3,(H2,14,19)(H,15,18)/t8-,9-,11-/m1/s1. The van der Waals surface area contributed by atoms with Crippen LogP contribution in [0.15, 0.2) is 18.3 Å². The maximum absolute atomic E-state index is 12.2. The number of hydrogen-bond donors (Lipinski definition) is 2.